The van der Waals surface area contributed by atoms with E-state index < -0.39 is 141 Å². The number of para-hydroxylation sites is 1. The third kappa shape index (κ3) is 12.6. The van der Waals surface area contributed by atoms with Gasteiger partial charge in [0.25, 0.3) is 0 Å². The summed E-state index contributed by atoms with van der Waals surface area (Å²) < 4.78 is 39.0. The van der Waals surface area contributed by atoms with E-state index in [0.29, 0.717) is 43.7 Å². The Morgan fingerprint density at radius 1 is 0.865 bits per heavy atom. The molecular formula is C72H90N6O18. The molecule has 1 aromatic heterocycles. The van der Waals surface area contributed by atoms with Crippen LogP contribution in [0, 0.1) is 46.3 Å². The molecule has 24 nitrogen and oxygen atoms in total. The number of rotatable bonds is 16. The highest BCUT2D eigenvalue weighted by Crippen LogP contribution is 2.65. The molecule has 7 N–H and O–H groups in total. The van der Waals surface area contributed by atoms with Crippen molar-refractivity contribution in [1.82, 2.24) is 24.6 Å². The van der Waals surface area contributed by atoms with E-state index in [1.54, 1.807) is 92.4 Å². The summed E-state index contributed by atoms with van der Waals surface area (Å²) in [6, 6.07) is 15.5. The standard InChI is InChI=1S/C72H90N6O18/c1-38(2)47-32-48(50(81)33-49(47)80)62-74-75-67(89)78(62)45-22-20-41(21-23-45)36-76-28-24-42(25-29-76)63(85)77-30-26-44(27-31-77)64(86)93-58(56(73)46-18-14-15-19-51(46)96-68(5,6)7)66(88)92-52-35-72(90)61(94-65(87)43-16-12-11-13-17-43)59-70(10,60(84)57(83)55(39(52)3)69(72,8)9)53(82)34-54-71(59,37-91-54)95-40(4)79/h11-16,18-23,32-33,38-39,42-44,52-56,58-59,61,80-82,90H,17,24-31,34-37,73H2,1-10H3,(H,75,89). The molecule has 3 aliphatic heterocycles. The molecule has 4 heterocycles. The van der Waals surface area contributed by atoms with Gasteiger partial charge >= 0.3 is 29.6 Å². The molecule has 13 atom stereocenters. The number of H-pyrrole nitrogens is 1. The number of piperidine rings is 2. The first-order valence-corrected chi connectivity index (χ1v) is 33.4. The average Bonchev–Trinajstić information content (AvgIpc) is 0.677. The maximum Gasteiger partial charge on any atom is 0.349 e. The largest absolute Gasteiger partial charge is 0.508 e. The van der Waals surface area contributed by atoms with Crippen LogP contribution in [-0.2, 0) is 63.8 Å². The fourth-order valence-corrected chi connectivity index (χ4v) is 16.2. The monoisotopic (exact) mass is 1330 g/mol. The zero-order valence-corrected chi connectivity index (χ0v) is 56.2. The van der Waals surface area contributed by atoms with E-state index >= 15 is 14.4 Å². The summed E-state index contributed by atoms with van der Waals surface area (Å²) in [6.45, 7) is 18.5. The second-order valence-corrected chi connectivity index (χ2v) is 29.5. The Morgan fingerprint density at radius 3 is 2.17 bits per heavy atom. The Hall–Kier alpha value is -8.03. The number of fused-ring (bicyclic) bond motifs is 5. The second-order valence-electron chi connectivity index (χ2n) is 29.5. The number of ether oxygens (including phenoxy) is 6. The van der Waals surface area contributed by atoms with Crippen LogP contribution in [0.3, 0.4) is 0 Å². The van der Waals surface area contributed by atoms with E-state index in [9.17, 15) is 44.4 Å². The zero-order valence-electron chi connectivity index (χ0n) is 56.2. The number of hydrogen-bond donors (Lipinski definition) is 6. The SMILES string of the molecule is CC(=O)OC12COC1CC(O)C1(C)C(=O)C(=O)C3C(C)C(OC(=O)C(OC(=O)C4CCN(C(=O)C5CCN(Cc6ccc(-n7c(-c8cc(C(C)C)c(O)cc8O)n[nH]c7=O)cc6)CC5)CC4)C(N)c4ccccc4OC(C)(C)C)CC(O)(C(OC(=O)C4C=CC=CC4)C21)C3(C)C. The number of aliphatic hydroxyl groups is 2. The summed E-state index contributed by atoms with van der Waals surface area (Å²) >= 11 is 0. The number of nitrogens with two attached hydrogens (primary N) is 1. The number of esters is 4. The molecule has 11 rings (SSSR count). The van der Waals surface area contributed by atoms with Crippen LogP contribution in [0.4, 0.5) is 0 Å². The van der Waals surface area contributed by atoms with Gasteiger partial charge < -0.3 is 59.5 Å². The van der Waals surface area contributed by atoms with Gasteiger partial charge in [0.1, 0.15) is 46.8 Å². The molecule has 0 spiro atoms. The summed E-state index contributed by atoms with van der Waals surface area (Å²) in [4.78, 5) is 120. The Morgan fingerprint density at radius 2 is 1.54 bits per heavy atom. The number of Topliss-reactive ketones (excluding diaryl/α,β-unsaturated/α-hetero) is 2. The van der Waals surface area contributed by atoms with Gasteiger partial charge in [0.15, 0.2) is 11.4 Å². The van der Waals surface area contributed by atoms with Crippen LogP contribution >= 0.6 is 0 Å². The predicted molar refractivity (Wildman–Crippen MR) is 347 cm³/mol. The number of amides is 1. The quantitative estimate of drug-likeness (QED) is 0.0390. The third-order valence-electron chi connectivity index (χ3n) is 21.6. The highest BCUT2D eigenvalue weighted by Gasteiger charge is 2.79. The smallest absolute Gasteiger partial charge is 0.349 e. The van der Waals surface area contributed by atoms with Crippen LogP contribution in [0.5, 0.6) is 17.2 Å². The van der Waals surface area contributed by atoms with Gasteiger partial charge in [-0.15, -0.1) is 0 Å². The summed E-state index contributed by atoms with van der Waals surface area (Å²) in [5.41, 5.74) is 0.491. The Labute approximate surface area is 557 Å². The first kappa shape index (κ1) is 69.3. The van der Waals surface area contributed by atoms with Gasteiger partial charge in [-0.05, 0) is 114 Å². The molecular weight excluding hydrogens is 1240 g/mol. The molecule has 7 aliphatic rings. The molecule has 0 radical (unpaired) electrons. The fraction of sp³-hybridized carbons (Fsp3) is 0.569. The van der Waals surface area contributed by atoms with E-state index in [-0.39, 0.29) is 97.3 Å². The number of benzene rings is 3. The minimum Gasteiger partial charge on any atom is -0.508 e. The van der Waals surface area contributed by atoms with Crippen molar-refractivity contribution in [2.75, 3.05) is 32.8 Å². The number of aromatic nitrogens is 3. The molecule has 96 heavy (non-hydrogen) atoms. The fourth-order valence-electron chi connectivity index (χ4n) is 16.2. The average molecular weight is 1330 g/mol. The van der Waals surface area contributed by atoms with Crippen molar-refractivity contribution in [1.29, 1.82) is 0 Å². The van der Waals surface area contributed by atoms with Gasteiger partial charge in [0.2, 0.25) is 23.6 Å². The number of hydrogen-bond acceptors (Lipinski definition) is 21. The minimum atomic E-state index is -2.41. The van der Waals surface area contributed by atoms with Gasteiger partial charge in [-0.2, -0.15) is 5.10 Å². The number of ketones is 2. The van der Waals surface area contributed by atoms with E-state index in [4.69, 9.17) is 34.2 Å². The molecule has 3 saturated heterocycles. The van der Waals surface area contributed by atoms with Gasteiger partial charge in [-0.25, -0.2) is 19.3 Å². The van der Waals surface area contributed by atoms with Crippen LogP contribution in [0.25, 0.3) is 17.1 Å². The lowest BCUT2D eigenvalue weighted by atomic mass is 9.42. The number of nitrogens with zero attached hydrogens (tertiary/aromatic N) is 4. The number of allylic oxidation sites excluding steroid dienone is 3. The number of carbonyl (C=O) groups is 7. The summed E-state index contributed by atoms with van der Waals surface area (Å²) in [5, 5.41) is 54.0. The minimum absolute atomic E-state index is 0.0270. The number of aromatic amines is 1. The van der Waals surface area contributed by atoms with Crippen LogP contribution < -0.4 is 16.2 Å². The summed E-state index contributed by atoms with van der Waals surface area (Å²) in [6.07, 6.45) is -0.000505. The van der Waals surface area contributed by atoms with Gasteiger partial charge in [-0.1, -0.05) is 89.3 Å². The van der Waals surface area contributed by atoms with Crippen molar-refractivity contribution in [2.24, 2.45) is 52.1 Å². The van der Waals surface area contributed by atoms with E-state index in [2.05, 4.69) is 15.1 Å². The molecule has 13 unspecified atom stereocenters. The molecule has 24 heteroatoms. The van der Waals surface area contributed by atoms with Crippen LogP contribution in [0.15, 0.2) is 89.8 Å². The highest BCUT2D eigenvalue weighted by molar-refractivity contribution is 6.40. The van der Waals surface area contributed by atoms with E-state index in [1.165, 1.54) is 17.6 Å². The van der Waals surface area contributed by atoms with Crippen molar-refractivity contribution in [3.8, 4) is 34.3 Å². The Balaban J connectivity index is 0.796. The number of carbonyl (C=O) groups excluding carboxylic acids is 7. The van der Waals surface area contributed by atoms with Crippen LogP contribution in [0.1, 0.15) is 143 Å². The van der Waals surface area contributed by atoms with Crippen molar-refractivity contribution in [2.45, 2.75) is 180 Å². The normalized spacial score (nSPS) is 29.8. The molecule has 4 aromatic rings. The highest BCUT2D eigenvalue weighted by atomic mass is 16.6. The molecule has 2 bridgehead atoms. The van der Waals surface area contributed by atoms with Gasteiger partial charge in [0, 0.05) is 74.2 Å². The predicted octanol–water partition coefficient (Wildman–Crippen LogP) is 6.61. The number of aliphatic hydroxyl groups excluding tert-OH is 1. The number of phenols is 2. The zero-order chi connectivity index (χ0) is 69.3. The maximum absolute atomic E-state index is 15.4. The van der Waals surface area contributed by atoms with E-state index in [1.807, 2.05) is 46.8 Å². The first-order valence-electron chi connectivity index (χ1n) is 33.4. The molecule has 1 amide bonds. The molecule has 516 valence electrons. The number of aromatic hydroxyl groups is 2. The lowest BCUT2D eigenvalue weighted by Gasteiger charge is -2.68. The Bertz CT molecular complexity index is 3800. The lowest BCUT2D eigenvalue weighted by Crippen LogP contribution is -2.82. The van der Waals surface area contributed by atoms with Gasteiger partial charge in [-0.3, -0.25) is 33.7 Å². The second kappa shape index (κ2) is 26.4. The molecule has 3 aromatic carbocycles. The summed E-state index contributed by atoms with van der Waals surface area (Å²) in [7, 11) is 0. The molecule has 4 aliphatic carbocycles. The Kier molecular flexibility index (Phi) is 19.1. The topological polar surface area (TPSA) is 339 Å². The van der Waals surface area contributed by atoms with E-state index in [0.717, 1.165) is 12.5 Å². The lowest BCUT2D eigenvalue weighted by molar-refractivity contribution is -0.351. The number of nitrogens with one attached hydrogen (secondary N) is 1. The van der Waals surface area contributed by atoms with Crippen molar-refractivity contribution >= 4 is 41.4 Å². The third-order valence-corrected chi connectivity index (χ3v) is 21.6. The van der Waals surface area contributed by atoms with Crippen molar-refractivity contribution < 1.29 is 82.4 Å². The molecule has 6 fully saturated rings. The van der Waals surface area contributed by atoms with Crippen LogP contribution in [-0.4, -0.2) is 166 Å². The summed E-state index contributed by atoms with van der Waals surface area (Å²) in [5.74, 6) is -11.5. The van der Waals surface area contributed by atoms with Crippen LogP contribution in [0.2, 0.25) is 0 Å². The van der Waals surface area contributed by atoms with Crippen molar-refractivity contribution in [3.63, 3.8) is 0 Å². The first-order chi connectivity index (χ1) is 45.3. The molecule has 3 saturated carbocycles. The van der Waals surface area contributed by atoms with Gasteiger partial charge in [0.05, 0.1) is 53.2 Å². The van der Waals surface area contributed by atoms with Crippen molar-refractivity contribution in [3.05, 3.63) is 112 Å². The number of phenolic OH excluding ortho intramolecular Hbond substituents is 2. The maximum atomic E-state index is 15.4. The number of likely N-dealkylation sites (tertiary alicyclic amines) is 2.